The van der Waals surface area contributed by atoms with E-state index in [2.05, 4.69) is 121 Å². The van der Waals surface area contributed by atoms with Gasteiger partial charge in [0.05, 0.1) is 23.3 Å². The van der Waals surface area contributed by atoms with E-state index in [9.17, 15) is 5.11 Å². The first-order valence-corrected chi connectivity index (χ1v) is 19.2. The van der Waals surface area contributed by atoms with Crippen LogP contribution >= 0.6 is 15.9 Å². The second kappa shape index (κ2) is 25.1. The molecule has 8 aromatic rings. The Bertz CT molecular complexity index is 2160. The van der Waals surface area contributed by atoms with Gasteiger partial charge in [0.1, 0.15) is 0 Å². The zero-order chi connectivity index (χ0) is 39.4. The first-order valence-electron chi connectivity index (χ1n) is 18.4. The standard InChI is InChI=1S/C23H18N2.C12H11N.C11H8BrN.C4H9O.CH4.Na/c1-4-10-19(11-5-1)23-17-16-22(18-24-23)25(20-12-6-2-7-13-20)21-14-8-3-9-15-21;1-3-7-11(8-4-1)13-12-9-5-2-6-10-12;12-10-6-7-11(13-8-10)9-4-2-1-3-5-9;1-4(2,3)5;;/h1-18H;1-10,13H;1-8H;1-3H3;1H4;/q;;;-1;;+1. The molecule has 0 bridgehead atoms. The van der Waals surface area contributed by atoms with Gasteiger partial charge in [0.2, 0.25) is 0 Å². The van der Waals surface area contributed by atoms with Gasteiger partial charge in [-0.2, -0.15) is 0 Å². The molecule has 0 aliphatic rings. The van der Waals surface area contributed by atoms with E-state index in [-0.39, 0.29) is 37.0 Å². The summed E-state index contributed by atoms with van der Waals surface area (Å²) in [5.74, 6) is 0. The van der Waals surface area contributed by atoms with Crippen LogP contribution in [0.2, 0.25) is 0 Å². The predicted octanol–water partition coefficient (Wildman–Crippen LogP) is 10.9. The van der Waals surface area contributed by atoms with E-state index in [1.54, 1.807) is 20.8 Å². The van der Waals surface area contributed by atoms with Crippen molar-refractivity contribution in [3.8, 4) is 22.5 Å². The zero-order valence-corrected chi connectivity index (χ0v) is 36.5. The summed E-state index contributed by atoms with van der Waals surface area (Å²) in [6.07, 6.45) is 3.74. The Morgan fingerprint density at radius 3 is 1.10 bits per heavy atom. The Balaban J connectivity index is 0.000000232. The third kappa shape index (κ3) is 16.6. The van der Waals surface area contributed by atoms with Crippen molar-refractivity contribution in [2.75, 3.05) is 10.2 Å². The number of hydrogen-bond acceptors (Lipinski definition) is 5. The molecule has 0 saturated carbocycles. The third-order valence-electron chi connectivity index (χ3n) is 7.74. The molecule has 58 heavy (non-hydrogen) atoms. The average Bonchev–Trinajstić information content (AvgIpc) is 3.24. The van der Waals surface area contributed by atoms with Crippen LogP contribution in [0.25, 0.3) is 22.5 Å². The van der Waals surface area contributed by atoms with Gasteiger partial charge >= 0.3 is 29.6 Å². The molecule has 1 N–H and O–H groups in total. The smallest absolute Gasteiger partial charge is 0.850 e. The van der Waals surface area contributed by atoms with Gasteiger partial charge in [0.25, 0.3) is 0 Å². The fourth-order valence-corrected chi connectivity index (χ4v) is 5.50. The predicted molar refractivity (Wildman–Crippen MR) is 244 cm³/mol. The van der Waals surface area contributed by atoms with Gasteiger partial charge in [-0.3, -0.25) is 9.97 Å². The summed E-state index contributed by atoms with van der Waals surface area (Å²) in [6, 6.07) is 69.6. The Kier molecular flexibility index (Phi) is 20.4. The molecule has 0 radical (unpaired) electrons. The summed E-state index contributed by atoms with van der Waals surface area (Å²) in [7, 11) is 0. The molecule has 288 valence electrons. The van der Waals surface area contributed by atoms with E-state index in [1.165, 1.54) is 0 Å². The van der Waals surface area contributed by atoms with Crippen LogP contribution < -0.4 is 44.9 Å². The minimum Gasteiger partial charge on any atom is -0.850 e. The van der Waals surface area contributed by atoms with Crippen LogP contribution in [0.15, 0.2) is 223 Å². The number of nitrogens with zero attached hydrogens (tertiary/aromatic N) is 3. The molecule has 0 unspecified atom stereocenters. The van der Waals surface area contributed by atoms with Gasteiger partial charge in [0, 0.05) is 44.5 Å². The van der Waals surface area contributed by atoms with E-state index in [0.717, 1.165) is 55.4 Å². The summed E-state index contributed by atoms with van der Waals surface area (Å²) >= 11 is 3.36. The molecule has 2 aromatic heterocycles. The van der Waals surface area contributed by atoms with Crippen molar-refractivity contribution in [1.82, 2.24) is 9.97 Å². The summed E-state index contributed by atoms with van der Waals surface area (Å²) in [6.45, 7) is 4.90. The first kappa shape index (κ1) is 47.0. The molecule has 0 amide bonds. The van der Waals surface area contributed by atoms with Crippen molar-refractivity contribution in [3.63, 3.8) is 0 Å². The van der Waals surface area contributed by atoms with Crippen molar-refractivity contribution in [1.29, 1.82) is 0 Å². The molecule has 8 rings (SSSR count). The van der Waals surface area contributed by atoms with Crippen LogP contribution in [0, 0.1) is 0 Å². The van der Waals surface area contributed by atoms with E-state index in [1.807, 2.05) is 134 Å². The molecule has 0 aliphatic carbocycles. The number of pyridine rings is 2. The van der Waals surface area contributed by atoms with Crippen molar-refractivity contribution in [2.24, 2.45) is 0 Å². The maximum atomic E-state index is 10.1. The third-order valence-corrected chi connectivity index (χ3v) is 8.21. The molecule has 7 heteroatoms. The summed E-state index contributed by atoms with van der Waals surface area (Å²) < 4.78 is 1.01. The molecule has 5 nitrogen and oxygen atoms in total. The topological polar surface area (TPSA) is 64.1 Å². The molecule has 0 fully saturated rings. The normalized spacial score (nSPS) is 9.88. The maximum absolute atomic E-state index is 10.1. The minimum atomic E-state index is -0.750. The quantitative estimate of drug-likeness (QED) is 0.162. The first-order chi connectivity index (χ1) is 27.2. The van der Waals surface area contributed by atoms with Crippen molar-refractivity contribution in [2.45, 2.75) is 33.8 Å². The molecule has 2 heterocycles. The second-order valence-electron chi connectivity index (χ2n) is 13.5. The fraction of sp³-hybridized carbons (Fsp3) is 0.0980. The maximum Gasteiger partial charge on any atom is 1.00 e. The molecule has 0 saturated heterocycles. The summed E-state index contributed by atoms with van der Waals surface area (Å²) in [5.41, 5.74) is 9.01. The molecule has 6 aromatic carbocycles. The van der Waals surface area contributed by atoms with Crippen molar-refractivity contribution < 1.29 is 34.7 Å². The van der Waals surface area contributed by atoms with Crippen LogP contribution in [-0.2, 0) is 0 Å². The number of benzene rings is 6. The van der Waals surface area contributed by atoms with Gasteiger partial charge < -0.3 is 15.3 Å². The van der Waals surface area contributed by atoms with Crippen molar-refractivity contribution >= 4 is 44.4 Å². The van der Waals surface area contributed by atoms with E-state index < -0.39 is 5.60 Å². The van der Waals surface area contributed by atoms with E-state index in [4.69, 9.17) is 0 Å². The SMILES string of the molecule is Brc1ccc(-c2ccccc2)nc1.C.CC(C)(C)[O-].[Na+].c1ccc(-c2ccc(N(c3ccccc3)c3ccccc3)cn2)cc1.c1ccc(Nc2ccccc2)cc1. The summed E-state index contributed by atoms with van der Waals surface area (Å²) in [5, 5.41) is 13.4. The fourth-order valence-electron chi connectivity index (χ4n) is 5.26. The Morgan fingerprint density at radius 1 is 0.448 bits per heavy atom. The number of rotatable bonds is 7. The minimum absolute atomic E-state index is 0. The number of para-hydroxylation sites is 4. The average molecular weight is 838 g/mol. The van der Waals surface area contributed by atoms with Gasteiger partial charge in [-0.15, -0.1) is 5.60 Å². The zero-order valence-electron chi connectivity index (χ0n) is 32.9. The Labute approximate surface area is 376 Å². The van der Waals surface area contributed by atoms with Crippen molar-refractivity contribution in [3.05, 3.63) is 223 Å². The molecule has 0 spiro atoms. The van der Waals surface area contributed by atoms with Gasteiger partial charge in [-0.25, -0.2) is 0 Å². The second-order valence-corrected chi connectivity index (χ2v) is 14.4. The molecule has 0 aliphatic heterocycles. The van der Waals surface area contributed by atoms with Crippen LogP contribution in [0.4, 0.5) is 28.4 Å². The van der Waals surface area contributed by atoms with Gasteiger partial charge in [-0.1, -0.05) is 162 Å². The van der Waals surface area contributed by atoms with Crippen LogP contribution in [-0.4, -0.2) is 15.6 Å². The van der Waals surface area contributed by atoms with E-state index >= 15 is 0 Å². The number of nitrogens with one attached hydrogen (secondary N) is 1. The largest absolute Gasteiger partial charge is 1.00 e. The van der Waals surface area contributed by atoms with Crippen LogP contribution in [0.1, 0.15) is 28.2 Å². The van der Waals surface area contributed by atoms with Gasteiger partial charge in [0.15, 0.2) is 0 Å². The number of anilines is 5. The molecular formula is C51H50BrN4NaO. The number of hydrogen-bond donors (Lipinski definition) is 1. The Hall–Kier alpha value is -5.34. The Morgan fingerprint density at radius 2 is 0.776 bits per heavy atom. The number of aromatic nitrogens is 2. The molecule has 0 atom stereocenters. The van der Waals surface area contributed by atoms with Gasteiger partial charge in [-0.05, 0) is 88.7 Å². The monoisotopic (exact) mass is 836 g/mol. The summed E-state index contributed by atoms with van der Waals surface area (Å²) in [4.78, 5) is 11.2. The van der Waals surface area contributed by atoms with E-state index in [0.29, 0.717) is 0 Å². The molecular weight excluding hydrogens is 787 g/mol. The van der Waals surface area contributed by atoms with Crippen LogP contribution in [0.5, 0.6) is 0 Å². The van der Waals surface area contributed by atoms with Crippen LogP contribution in [0.3, 0.4) is 0 Å². The number of halogens is 1.